The maximum Gasteiger partial charge on any atom is 0.266 e. The highest BCUT2D eigenvalue weighted by molar-refractivity contribution is 8.26. The van der Waals surface area contributed by atoms with Crippen molar-refractivity contribution in [2.75, 3.05) is 6.54 Å². The van der Waals surface area contributed by atoms with Crippen molar-refractivity contribution in [2.45, 2.75) is 39.5 Å². The SMILES string of the molecule is CCCCC(CC)CN1C(=O)/C(=C\c2cn(-c3ccccc3)nc2-c2ccc(Cl)cc2)SC1=S. The van der Waals surface area contributed by atoms with Crippen molar-refractivity contribution in [3.63, 3.8) is 0 Å². The molecule has 1 aliphatic heterocycles. The minimum atomic E-state index is -0.0144. The summed E-state index contributed by atoms with van der Waals surface area (Å²) in [7, 11) is 0. The normalized spacial score (nSPS) is 16.0. The molecule has 0 saturated carbocycles. The van der Waals surface area contributed by atoms with Gasteiger partial charge in [-0.15, -0.1) is 0 Å². The third-order valence-electron chi connectivity index (χ3n) is 6.03. The van der Waals surface area contributed by atoms with Crippen molar-refractivity contribution >= 4 is 51.9 Å². The number of rotatable bonds is 9. The van der Waals surface area contributed by atoms with Crippen LogP contribution in [0.3, 0.4) is 0 Å². The standard InChI is InChI=1S/C27H28ClN3OS2/c1-3-5-9-19(4-2)17-30-26(32)24(34-27(30)33)16-21-18-31(23-10-7-6-8-11-23)29-25(21)20-12-14-22(28)15-13-20/h6-8,10-16,18-19H,3-5,9,17H2,1-2H3/b24-16+. The van der Waals surface area contributed by atoms with Crippen molar-refractivity contribution in [3.05, 3.63) is 76.3 Å². The van der Waals surface area contributed by atoms with Gasteiger partial charge in [0.1, 0.15) is 4.32 Å². The van der Waals surface area contributed by atoms with Crippen LogP contribution in [0, 0.1) is 5.92 Å². The van der Waals surface area contributed by atoms with Gasteiger partial charge in [-0.25, -0.2) is 4.68 Å². The highest BCUT2D eigenvalue weighted by atomic mass is 35.5. The number of unbranched alkanes of at least 4 members (excludes halogenated alkanes) is 1. The Morgan fingerprint density at radius 1 is 1.12 bits per heavy atom. The van der Waals surface area contributed by atoms with E-state index in [0.29, 0.717) is 26.7 Å². The second kappa shape index (κ2) is 11.3. The van der Waals surface area contributed by atoms with Crippen molar-refractivity contribution in [1.82, 2.24) is 14.7 Å². The molecule has 4 nitrogen and oxygen atoms in total. The lowest BCUT2D eigenvalue weighted by molar-refractivity contribution is -0.122. The highest BCUT2D eigenvalue weighted by Crippen LogP contribution is 2.36. The summed E-state index contributed by atoms with van der Waals surface area (Å²) in [4.78, 5) is 15.7. The Balaban J connectivity index is 1.67. The number of carbonyl (C=O) groups is 1. The molecule has 1 aliphatic rings. The van der Waals surface area contributed by atoms with Crippen LogP contribution in [0.5, 0.6) is 0 Å². The number of hydrogen-bond acceptors (Lipinski definition) is 4. The number of halogens is 1. The molecule has 1 unspecified atom stereocenters. The summed E-state index contributed by atoms with van der Waals surface area (Å²) >= 11 is 13.1. The summed E-state index contributed by atoms with van der Waals surface area (Å²) in [6, 6.07) is 17.5. The van der Waals surface area contributed by atoms with Gasteiger partial charge >= 0.3 is 0 Å². The Labute approximate surface area is 216 Å². The molecular formula is C27H28ClN3OS2. The third kappa shape index (κ3) is 5.62. The van der Waals surface area contributed by atoms with Crippen molar-refractivity contribution in [3.8, 4) is 16.9 Å². The van der Waals surface area contributed by atoms with Crippen LogP contribution in [-0.4, -0.2) is 31.5 Å². The van der Waals surface area contributed by atoms with Crippen molar-refractivity contribution in [1.29, 1.82) is 0 Å². The van der Waals surface area contributed by atoms with Crippen LogP contribution < -0.4 is 0 Å². The molecule has 1 aromatic heterocycles. The van der Waals surface area contributed by atoms with E-state index in [-0.39, 0.29) is 5.91 Å². The molecule has 2 aromatic carbocycles. The first-order valence-corrected chi connectivity index (χ1v) is 13.3. The lowest BCUT2D eigenvalue weighted by Gasteiger charge is -2.21. The number of thioether (sulfide) groups is 1. The molecule has 1 atom stereocenters. The summed E-state index contributed by atoms with van der Waals surface area (Å²) in [6.45, 7) is 5.07. The minimum absolute atomic E-state index is 0.0144. The third-order valence-corrected chi connectivity index (χ3v) is 7.65. The number of para-hydroxylation sites is 1. The summed E-state index contributed by atoms with van der Waals surface area (Å²) < 4.78 is 2.48. The second-order valence-corrected chi connectivity index (χ2v) is 10.5. The molecule has 0 radical (unpaired) electrons. The number of aromatic nitrogens is 2. The molecule has 176 valence electrons. The number of carbonyl (C=O) groups excluding carboxylic acids is 1. The van der Waals surface area contributed by atoms with E-state index in [1.807, 2.05) is 71.6 Å². The Bertz CT molecular complexity index is 1190. The van der Waals surface area contributed by atoms with Gasteiger partial charge < -0.3 is 0 Å². The zero-order valence-electron chi connectivity index (χ0n) is 19.4. The van der Waals surface area contributed by atoms with Crippen LogP contribution >= 0.6 is 35.6 Å². The van der Waals surface area contributed by atoms with Crippen molar-refractivity contribution in [2.24, 2.45) is 5.92 Å². The van der Waals surface area contributed by atoms with E-state index in [2.05, 4.69) is 13.8 Å². The van der Waals surface area contributed by atoms with E-state index in [1.165, 1.54) is 18.2 Å². The average Bonchev–Trinajstić information content (AvgIpc) is 3.39. The fourth-order valence-electron chi connectivity index (χ4n) is 4.01. The molecule has 1 saturated heterocycles. The first-order valence-electron chi connectivity index (χ1n) is 11.7. The molecule has 4 rings (SSSR count). The zero-order valence-corrected chi connectivity index (χ0v) is 21.8. The number of thiocarbonyl (C=S) groups is 1. The smallest absolute Gasteiger partial charge is 0.266 e. The number of amides is 1. The predicted molar refractivity (Wildman–Crippen MR) is 147 cm³/mol. The van der Waals surface area contributed by atoms with Crippen LogP contribution in [0.4, 0.5) is 0 Å². The minimum Gasteiger partial charge on any atom is -0.293 e. The van der Waals surface area contributed by atoms with E-state index in [0.717, 1.165) is 41.8 Å². The molecule has 3 aromatic rings. The van der Waals surface area contributed by atoms with Crippen LogP contribution in [-0.2, 0) is 4.79 Å². The van der Waals surface area contributed by atoms with Crippen LogP contribution in [0.25, 0.3) is 23.0 Å². The Hall–Kier alpha value is -2.41. The highest BCUT2D eigenvalue weighted by Gasteiger charge is 2.33. The average molecular weight is 510 g/mol. The number of hydrogen-bond donors (Lipinski definition) is 0. The van der Waals surface area contributed by atoms with Crippen LogP contribution in [0.1, 0.15) is 45.1 Å². The van der Waals surface area contributed by atoms with Gasteiger partial charge in [0.2, 0.25) is 0 Å². The van der Waals surface area contributed by atoms with Crippen LogP contribution in [0.15, 0.2) is 65.7 Å². The van der Waals surface area contributed by atoms with E-state index in [9.17, 15) is 4.79 Å². The lowest BCUT2D eigenvalue weighted by atomic mass is 9.99. The Morgan fingerprint density at radius 3 is 2.53 bits per heavy atom. The second-order valence-electron chi connectivity index (χ2n) is 8.43. The van der Waals surface area contributed by atoms with Gasteiger partial charge in [-0.1, -0.05) is 99.0 Å². The van der Waals surface area contributed by atoms with Gasteiger partial charge in [-0.3, -0.25) is 9.69 Å². The predicted octanol–water partition coefficient (Wildman–Crippen LogP) is 7.61. The van der Waals surface area contributed by atoms with Gasteiger partial charge in [-0.05, 0) is 42.7 Å². The summed E-state index contributed by atoms with van der Waals surface area (Å²) in [6.07, 6.45) is 8.37. The number of benzene rings is 2. The monoisotopic (exact) mass is 509 g/mol. The first-order chi connectivity index (χ1) is 16.5. The van der Waals surface area contributed by atoms with Crippen molar-refractivity contribution < 1.29 is 4.79 Å². The molecule has 1 amide bonds. The van der Waals surface area contributed by atoms with Gasteiger partial charge in [0.25, 0.3) is 5.91 Å². The summed E-state index contributed by atoms with van der Waals surface area (Å²) in [5.74, 6) is 0.451. The van der Waals surface area contributed by atoms with Gasteiger partial charge in [0, 0.05) is 28.9 Å². The largest absolute Gasteiger partial charge is 0.293 e. The maximum absolute atomic E-state index is 13.3. The molecule has 1 fully saturated rings. The van der Waals surface area contributed by atoms with E-state index < -0.39 is 0 Å². The topological polar surface area (TPSA) is 38.1 Å². The molecule has 0 aliphatic carbocycles. The maximum atomic E-state index is 13.3. The summed E-state index contributed by atoms with van der Waals surface area (Å²) in [5.41, 5.74) is 3.54. The molecule has 7 heteroatoms. The fraction of sp³-hybridized carbons (Fsp3) is 0.296. The fourth-order valence-corrected chi connectivity index (χ4v) is 5.40. The van der Waals surface area contributed by atoms with E-state index in [4.69, 9.17) is 28.9 Å². The quantitative estimate of drug-likeness (QED) is 0.220. The van der Waals surface area contributed by atoms with Gasteiger partial charge in [0.15, 0.2) is 0 Å². The van der Waals surface area contributed by atoms with Gasteiger partial charge in [-0.2, -0.15) is 5.10 Å². The molecule has 0 N–H and O–H groups in total. The molecule has 0 bridgehead atoms. The molecule has 34 heavy (non-hydrogen) atoms. The van der Waals surface area contributed by atoms with E-state index in [1.54, 1.807) is 4.90 Å². The zero-order chi connectivity index (χ0) is 24.1. The Kier molecular flexibility index (Phi) is 8.24. The lowest BCUT2D eigenvalue weighted by Crippen LogP contribution is -2.33. The Morgan fingerprint density at radius 2 is 1.85 bits per heavy atom. The van der Waals surface area contributed by atoms with Crippen LogP contribution in [0.2, 0.25) is 5.02 Å². The molecule has 0 spiro atoms. The summed E-state index contributed by atoms with van der Waals surface area (Å²) in [5, 5.41) is 5.51. The first kappa shape index (κ1) is 24.7. The van der Waals surface area contributed by atoms with E-state index >= 15 is 0 Å². The van der Waals surface area contributed by atoms with Gasteiger partial charge in [0.05, 0.1) is 16.3 Å². The molecule has 2 heterocycles. The number of nitrogens with zero attached hydrogens (tertiary/aromatic N) is 3. The molecular weight excluding hydrogens is 482 g/mol.